The minimum atomic E-state index is -4.75. The summed E-state index contributed by atoms with van der Waals surface area (Å²) >= 11 is 0. The van der Waals surface area contributed by atoms with E-state index in [1.807, 2.05) is 0 Å². The van der Waals surface area contributed by atoms with Crippen molar-refractivity contribution < 1.29 is 27.8 Å². The highest BCUT2D eigenvalue weighted by Crippen LogP contribution is 2.33. The number of nitrogens with zero attached hydrogens (tertiary/aromatic N) is 3. The molecule has 2 heterocycles. The Hall–Kier alpha value is -3.10. The third-order valence-electron chi connectivity index (χ3n) is 3.29. The van der Waals surface area contributed by atoms with Crippen LogP contribution in [0.2, 0.25) is 0 Å². The molecule has 0 saturated heterocycles. The molecule has 3 rings (SSSR count). The summed E-state index contributed by atoms with van der Waals surface area (Å²) in [5.41, 5.74) is -1.62. The van der Waals surface area contributed by atoms with Gasteiger partial charge < -0.3 is 14.6 Å². The van der Waals surface area contributed by atoms with Gasteiger partial charge in [0.15, 0.2) is 11.3 Å². The number of benzene rings is 1. The highest BCUT2D eigenvalue weighted by atomic mass is 19.4. The Morgan fingerprint density at radius 2 is 2.00 bits per heavy atom. The Bertz CT molecular complexity index is 935. The molecule has 9 heteroatoms. The van der Waals surface area contributed by atoms with Gasteiger partial charge in [-0.15, -0.1) is 0 Å². The molecule has 0 radical (unpaired) electrons. The van der Waals surface area contributed by atoms with Crippen LogP contribution in [0.25, 0.3) is 16.9 Å². The number of hydrogen-bond donors (Lipinski definition) is 0. The van der Waals surface area contributed by atoms with E-state index in [0.29, 0.717) is 15.8 Å². The lowest BCUT2D eigenvalue weighted by atomic mass is 10.1. The number of carbonyl (C=O) groups excluding carboxylic acids is 1. The first-order valence-electron chi connectivity index (χ1n) is 6.63. The van der Waals surface area contributed by atoms with Crippen molar-refractivity contribution in [3.05, 3.63) is 47.8 Å². The van der Waals surface area contributed by atoms with Crippen molar-refractivity contribution in [2.45, 2.75) is 6.18 Å². The normalized spacial score (nSPS) is 11.7. The molecule has 1 aromatic carbocycles. The molecular formula is C15H9F3N3O3-. The van der Waals surface area contributed by atoms with E-state index in [0.717, 1.165) is 12.1 Å². The Kier molecular flexibility index (Phi) is 3.63. The molecule has 0 aliphatic heterocycles. The van der Waals surface area contributed by atoms with Crippen molar-refractivity contribution in [2.75, 3.05) is 7.11 Å². The second kappa shape index (κ2) is 5.52. The summed E-state index contributed by atoms with van der Waals surface area (Å²) in [4.78, 5) is 14.9. The fourth-order valence-electron chi connectivity index (χ4n) is 2.21. The Morgan fingerprint density at radius 3 is 2.62 bits per heavy atom. The first-order chi connectivity index (χ1) is 11.3. The van der Waals surface area contributed by atoms with Crippen LogP contribution < -0.4 is 9.84 Å². The number of carboxylic acid groups (broad SMARTS) is 1. The summed E-state index contributed by atoms with van der Waals surface area (Å²) in [6, 6.07) is 8.06. The molecule has 0 amide bonds. The van der Waals surface area contributed by atoms with E-state index in [9.17, 15) is 23.1 Å². The molecule has 0 spiro atoms. The van der Waals surface area contributed by atoms with E-state index in [4.69, 9.17) is 4.74 Å². The lowest BCUT2D eigenvalue weighted by molar-refractivity contribution is -0.255. The van der Waals surface area contributed by atoms with Crippen LogP contribution in [-0.2, 0) is 6.18 Å². The van der Waals surface area contributed by atoms with E-state index in [1.165, 1.54) is 13.2 Å². The summed E-state index contributed by atoms with van der Waals surface area (Å²) in [6.07, 6.45) is -4.75. The van der Waals surface area contributed by atoms with E-state index in [2.05, 4.69) is 10.1 Å². The third-order valence-corrected chi connectivity index (χ3v) is 3.29. The Balaban J connectivity index is 2.27. The number of hydrogen-bond acceptors (Lipinski definition) is 5. The van der Waals surface area contributed by atoms with Crippen LogP contribution in [0.1, 0.15) is 16.2 Å². The minimum Gasteiger partial charge on any atom is -0.543 e. The second-order valence-electron chi connectivity index (χ2n) is 4.84. The largest absolute Gasteiger partial charge is 0.543 e. The van der Waals surface area contributed by atoms with Gasteiger partial charge in [0.25, 0.3) is 0 Å². The topological polar surface area (TPSA) is 79.5 Å². The predicted octanol–water partition coefficient (Wildman–Crippen LogP) is 1.79. The van der Waals surface area contributed by atoms with Crippen molar-refractivity contribution in [1.82, 2.24) is 14.6 Å². The highest BCUT2D eigenvalue weighted by molar-refractivity contribution is 5.85. The molecule has 2 aromatic heterocycles. The molecular weight excluding hydrogens is 327 g/mol. The third kappa shape index (κ3) is 2.75. The quantitative estimate of drug-likeness (QED) is 0.728. The zero-order valence-electron chi connectivity index (χ0n) is 12.2. The van der Waals surface area contributed by atoms with E-state index in [-0.39, 0.29) is 11.3 Å². The van der Waals surface area contributed by atoms with Gasteiger partial charge in [0.1, 0.15) is 11.4 Å². The first kappa shape index (κ1) is 15.8. The Morgan fingerprint density at radius 1 is 1.25 bits per heavy atom. The standard InChI is InChI=1S/C15H10F3N3O3/c1-24-9-4-2-3-8(5-9)10-6-12(15(16,17)18)21-13(19-10)7-11(20-21)14(22)23/h2-7H,1H3,(H,22,23)/p-1. The molecule has 24 heavy (non-hydrogen) atoms. The summed E-state index contributed by atoms with van der Waals surface area (Å²) < 4.78 is 45.4. The molecule has 0 saturated carbocycles. The summed E-state index contributed by atoms with van der Waals surface area (Å²) in [5.74, 6) is -1.23. The number of methoxy groups -OCH3 is 1. The van der Waals surface area contributed by atoms with Crippen LogP contribution in [0.5, 0.6) is 5.75 Å². The van der Waals surface area contributed by atoms with Crippen molar-refractivity contribution in [3.63, 3.8) is 0 Å². The maximum atomic E-state index is 13.3. The summed E-state index contributed by atoms with van der Waals surface area (Å²) in [7, 11) is 1.43. The van der Waals surface area contributed by atoms with Crippen molar-refractivity contribution >= 4 is 11.6 Å². The maximum absolute atomic E-state index is 13.3. The predicted molar refractivity (Wildman–Crippen MR) is 74.3 cm³/mol. The summed E-state index contributed by atoms with van der Waals surface area (Å²) in [6.45, 7) is 0. The fourth-order valence-corrected chi connectivity index (χ4v) is 2.21. The lowest BCUT2D eigenvalue weighted by Gasteiger charge is -2.11. The maximum Gasteiger partial charge on any atom is 0.433 e. The minimum absolute atomic E-state index is 0.0125. The number of ether oxygens (including phenoxy) is 1. The average molecular weight is 336 g/mol. The SMILES string of the molecule is COc1cccc(-c2cc(C(F)(F)F)n3nc(C(=O)[O-])cc3n2)c1. The van der Waals surface area contributed by atoms with E-state index >= 15 is 0 Å². The van der Waals surface area contributed by atoms with Crippen LogP contribution in [0, 0.1) is 0 Å². The van der Waals surface area contributed by atoms with Crippen LogP contribution in [0.15, 0.2) is 36.4 Å². The van der Waals surface area contributed by atoms with Gasteiger partial charge in [-0.25, -0.2) is 9.50 Å². The Labute approximate surface area is 133 Å². The number of rotatable bonds is 3. The lowest BCUT2D eigenvalue weighted by Crippen LogP contribution is -2.23. The molecule has 0 atom stereocenters. The molecule has 0 aliphatic rings. The van der Waals surface area contributed by atoms with Gasteiger partial charge in [0, 0.05) is 11.6 Å². The fraction of sp³-hybridized carbons (Fsp3) is 0.133. The number of fused-ring (bicyclic) bond motifs is 1. The van der Waals surface area contributed by atoms with Gasteiger partial charge in [-0.05, 0) is 18.2 Å². The van der Waals surface area contributed by atoms with Gasteiger partial charge >= 0.3 is 6.18 Å². The second-order valence-corrected chi connectivity index (χ2v) is 4.84. The number of carboxylic acids is 1. The molecule has 124 valence electrons. The van der Waals surface area contributed by atoms with Crippen molar-refractivity contribution in [2.24, 2.45) is 0 Å². The molecule has 0 bridgehead atoms. The smallest absolute Gasteiger partial charge is 0.433 e. The molecule has 0 fully saturated rings. The molecule has 3 aromatic rings. The monoisotopic (exact) mass is 336 g/mol. The van der Waals surface area contributed by atoms with Gasteiger partial charge in [-0.3, -0.25) is 0 Å². The zero-order chi connectivity index (χ0) is 17.5. The molecule has 0 aliphatic carbocycles. The van der Waals surface area contributed by atoms with Crippen LogP contribution in [0.4, 0.5) is 13.2 Å². The van der Waals surface area contributed by atoms with Crippen LogP contribution in [0.3, 0.4) is 0 Å². The van der Waals surface area contributed by atoms with Crippen LogP contribution >= 0.6 is 0 Å². The average Bonchev–Trinajstić information content (AvgIpc) is 2.97. The number of halogens is 3. The van der Waals surface area contributed by atoms with E-state index < -0.39 is 23.5 Å². The number of aromatic nitrogens is 3. The van der Waals surface area contributed by atoms with Gasteiger partial charge in [0.05, 0.1) is 18.8 Å². The number of carbonyl (C=O) groups is 1. The zero-order valence-corrected chi connectivity index (χ0v) is 12.2. The summed E-state index contributed by atoms with van der Waals surface area (Å²) in [5, 5.41) is 14.3. The van der Waals surface area contributed by atoms with Crippen molar-refractivity contribution in [3.8, 4) is 17.0 Å². The number of aromatic carboxylic acids is 1. The molecule has 6 nitrogen and oxygen atoms in total. The number of alkyl halides is 3. The van der Waals surface area contributed by atoms with Crippen molar-refractivity contribution in [1.29, 1.82) is 0 Å². The van der Waals surface area contributed by atoms with Crippen LogP contribution in [-0.4, -0.2) is 27.7 Å². The molecule has 0 unspecified atom stereocenters. The first-order valence-corrected chi connectivity index (χ1v) is 6.63. The van der Waals surface area contributed by atoms with Gasteiger partial charge in [-0.1, -0.05) is 12.1 Å². The molecule has 0 N–H and O–H groups in total. The van der Waals surface area contributed by atoms with E-state index in [1.54, 1.807) is 18.2 Å². The highest BCUT2D eigenvalue weighted by Gasteiger charge is 2.35. The van der Waals surface area contributed by atoms with Gasteiger partial charge in [-0.2, -0.15) is 18.3 Å². The van der Waals surface area contributed by atoms with Gasteiger partial charge in [0.2, 0.25) is 0 Å².